The van der Waals surface area contributed by atoms with Crippen LogP contribution in [0.4, 0.5) is 0 Å². The SMILES string of the molecule is COc1cc(C#C/C=C\Cc2ccccc2)cc(OC)c1. The van der Waals surface area contributed by atoms with Crippen LogP contribution in [0.1, 0.15) is 11.1 Å². The largest absolute Gasteiger partial charge is 0.497 e. The minimum Gasteiger partial charge on any atom is -0.497 e. The van der Waals surface area contributed by atoms with Crippen LogP contribution in [0.25, 0.3) is 0 Å². The van der Waals surface area contributed by atoms with Crippen molar-refractivity contribution in [2.75, 3.05) is 14.2 Å². The molecule has 0 N–H and O–H groups in total. The Kier molecular flexibility index (Phi) is 5.49. The molecule has 106 valence electrons. The van der Waals surface area contributed by atoms with Gasteiger partial charge in [0, 0.05) is 11.6 Å². The van der Waals surface area contributed by atoms with E-state index >= 15 is 0 Å². The van der Waals surface area contributed by atoms with Crippen molar-refractivity contribution in [1.82, 2.24) is 0 Å². The third kappa shape index (κ3) is 4.74. The Hall–Kier alpha value is -2.66. The van der Waals surface area contributed by atoms with Gasteiger partial charge in [0.1, 0.15) is 11.5 Å². The quantitative estimate of drug-likeness (QED) is 0.791. The monoisotopic (exact) mass is 278 g/mol. The second-order valence-electron chi connectivity index (χ2n) is 4.46. The maximum Gasteiger partial charge on any atom is 0.123 e. The number of allylic oxidation sites excluding steroid dienone is 2. The Morgan fingerprint density at radius 2 is 1.62 bits per heavy atom. The van der Waals surface area contributed by atoms with E-state index in [1.54, 1.807) is 14.2 Å². The zero-order valence-corrected chi connectivity index (χ0v) is 12.3. The molecule has 0 aliphatic heterocycles. The van der Waals surface area contributed by atoms with Crippen LogP contribution in [-0.4, -0.2) is 14.2 Å². The number of ether oxygens (including phenoxy) is 2. The normalized spacial score (nSPS) is 10.0. The Morgan fingerprint density at radius 1 is 0.952 bits per heavy atom. The summed E-state index contributed by atoms with van der Waals surface area (Å²) >= 11 is 0. The van der Waals surface area contributed by atoms with Crippen molar-refractivity contribution in [2.24, 2.45) is 0 Å². The summed E-state index contributed by atoms with van der Waals surface area (Å²) in [5, 5.41) is 0. The molecule has 2 heteroatoms. The first-order valence-electron chi connectivity index (χ1n) is 6.75. The fraction of sp³-hybridized carbons (Fsp3) is 0.158. The van der Waals surface area contributed by atoms with Crippen molar-refractivity contribution >= 4 is 0 Å². The summed E-state index contributed by atoms with van der Waals surface area (Å²) in [6.45, 7) is 0. The van der Waals surface area contributed by atoms with E-state index in [4.69, 9.17) is 9.47 Å². The predicted octanol–water partition coefficient (Wildman–Crippen LogP) is 3.85. The molecule has 0 unspecified atom stereocenters. The molecule has 2 nitrogen and oxygen atoms in total. The molecule has 0 radical (unpaired) electrons. The van der Waals surface area contributed by atoms with E-state index < -0.39 is 0 Å². The van der Waals surface area contributed by atoms with Crippen molar-refractivity contribution in [2.45, 2.75) is 6.42 Å². The van der Waals surface area contributed by atoms with Gasteiger partial charge in [-0.15, -0.1) is 0 Å². The molecule has 0 amide bonds. The Labute approximate surface area is 126 Å². The number of methoxy groups -OCH3 is 2. The minimum absolute atomic E-state index is 0.743. The summed E-state index contributed by atoms with van der Waals surface area (Å²) < 4.78 is 10.4. The Morgan fingerprint density at radius 3 is 2.24 bits per heavy atom. The predicted molar refractivity (Wildman–Crippen MR) is 85.7 cm³/mol. The standard InChI is InChI=1S/C19H18O2/c1-20-18-13-17(14-19(15-18)21-2)12-8-4-7-11-16-9-5-3-6-10-16/h3-7,9-10,13-15H,11H2,1-2H3/b7-4-. The van der Waals surface area contributed by atoms with E-state index in [1.807, 2.05) is 42.5 Å². The molecule has 0 heterocycles. The highest BCUT2D eigenvalue weighted by Crippen LogP contribution is 2.21. The molecule has 0 aliphatic carbocycles. The first-order chi connectivity index (χ1) is 10.3. The summed E-state index contributed by atoms with van der Waals surface area (Å²) in [4.78, 5) is 0. The van der Waals surface area contributed by atoms with E-state index in [0.717, 1.165) is 23.5 Å². The van der Waals surface area contributed by atoms with Gasteiger partial charge >= 0.3 is 0 Å². The second-order valence-corrected chi connectivity index (χ2v) is 4.46. The highest BCUT2D eigenvalue weighted by atomic mass is 16.5. The fourth-order valence-electron chi connectivity index (χ4n) is 1.87. The van der Waals surface area contributed by atoms with Crippen LogP contribution in [0.3, 0.4) is 0 Å². The van der Waals surface area contributed by atoms with E-state index in [1.165, 1.54) is 5.56 Å². The van der Waals surface area contributed by atoms with Gasteiger partial charge in [-0.3, -0.25) is 0 Å². The molecule has 0 saturated carbocycles. The molecular weight excluding hydrogens is 260 g/mol. The van der Waals surface area contributed by atoms with Gasteiger partial charge in [0.05, 0.1) is 14.2 Å². The van der Waals surface area contributed by atoms with Crippen LogP contribution >= 0.6 is 0 Å². The maximum absolute atomic E-state index is 5.22. The van der Waals surface area contributed by atoms with E-state index in [-0.39, 0.29) is 0 Å². The van der Waals surface area contributed by atoms with Crippen molar-refractivity contribution in [3.8, 4) is 23.3 Å². The maximum atomic E-state index is 5.22. The lowest BCUT2D eigenvalue weighted by Gasteiger charge is -2.04. The number of hydrogen-bond donors (Lipinski definition) is 0. The third-order valence-electron chi connectivity index (χ3n) is 2.97. The third-order valence-corrected chi connectivity index (χ3v) is 2.97. The second kappa shape index (κ2) is 7.81. The Bertz CT molecular complexity index is 639. The zero-order valence-electron chi connectivity index (χ0n) is 12.3. The summed E-state index contributed by atoms with van der Waals surface area (Å²) in [5.74, 6) is 7.60. The summed E-state index contributed by atoms with van der Waals surface area (Å²) in [5.41, 5.74) is 2.15. The van der Waals surface area contributed by atoms with Gasteiger partial charge < -0.3 is 9.47 Å². The molecule has 0 aliphatic rings. The summed E-state index contributed by atoms with van der Waals surface area (Å²) in [7, 11) is 3.26. The lowest BCUT2D eigenvalue weighted by Crippen LogP contribution is -1.88. The first-order valence-corrected chi connectivity index (χ1v) is 6.75. The molecule has 0 fully saturated rings. The lowest BCUT2D eigenvalue weighted by atomic mass is 10.1. The minimum atomic E-state index is 0.743. The van der Waals surface area contributed by atoms with Crippen molar-refractivity contribution < 1.29 is 9.47 Å². The van der Waals surface area contributed by atoms with Crippen LogP contribution in [0.5, 0.6) is 11.5 Å². The molecule has 2 aromatic rings. The van der Waals surface area contributed by atoms with Crippen LogP contribution < -0.4 is 9.47 Å². The molecule has 21 heavy (non-hydrogen) atoms. The van der Waals surface area contributed by atoms with E-state index in [0.29, 0.717) is 0 Å². The molecule has 0 bridgehead atoms. The summed E-state index contributed by atoms with van der Waals surface area (Å²) in [6.07, 6.45) is 4.82. The topological polar surface area (TPSA) is 18.5 Å². The van der Waals surface area contributed by atoms with Crippen molar-refractivity contribution in [3.05, 3.63) is 71.8 Å². The molecule has 0 atom stereocenters. The number of benzene rings is 2. The van der Waals surface area contributed by atoms with Gasteiger partial charge in [0.15, 0.2) is 0 Å². The van der Waals surface area contributed by atoms with E-state index in [9.17, 15) is 0 Å². The first kappa shape index (κ1) is 14.7. The smallest absolute Gasteiger partial charge is 0.123 e. The van der Waals surface area contributed by atoms with E-state index in [2.05, 4.69) is 30.0 Å². The molecule has 0 spiro atoms. The van der Waals surface area contributed by atoms with Crippen LogP contribution in [0.2, 0.25) is 0 Å². The van der Waals surface area contributed by atoms with Gasteiger partial charge in [-0.25, -0.2) is 0 Å². The molecule has 0 aromatic heterocycles. The fourth-order valence-corrected chi connectivity index (χ4v) is 1.87. The van der Waals surface area contributed by atoms with Crippen LogP contribution in [-0.2, 0) is 6.42 Å². The molecule has 0 saturated heterocycles. The lowest BCUT2D eigenvalue weighted by molar-refractivity contribution is 0.394. The van der Waals surface area contributed by atoms with Gasteiger partial charge in [-0.2, -0.15) is 0 Å². The average Bonchev–Trinajstić information content (AvgIpc) is 2.55. The number of hydrogen-bond acceptors (Lipinski definition) is 2. The van der Waals surface area contributed by atoms with Crippen molar-refractivity contribution in [3.63, 3.8) is 0 Å². The van der Waals surface area contributed by atoms with Gasteiger partial charge in [0.25, 0.3) is 0 Å². The summed E-state index contributed by atoms with van der Waals surface area (Å²) in [6, 6.07) is 15.9. The zero-order chi connectivity index (χ0) is 14.9. The van der Waals surface area contributed by atoms with Gasteiger partial charge in [0.2, 0.25) is 0 Å². The van der Waals surface area contributed by atoms with Gasteiger partial charge in [-0.05, 0) is 30.2 Å². The highest BCUT2D eigenvalue weighted by molar-refractivity contribution is 5.47. The van der Waals surface area contributed by atoms with Crippen molar-refractivity contribution in [1.29, 1.82) is 0 Å². The van der Waals surface area contributed by atoms with Crippen LogP contribution in [0, 0.1) is 11.8 Å². The average molecular weight is 278 g/mol. The van der Waals surface area contributed by atoms with Crippen LogP contribution in [0.15, 0.2) is 60.7 Å². The Balaban J connectivity index is 2.02. The van der Waals surface area contributed by atoms with Gasteiger partial charge in [-0.1, -0.05) is 48.2 Å². The molecule has 2 rings (SSSR count). The molecule has 2 aromatic carbocycles. The molecular formula is C19H18O2. The number of rotatable bonds is 4. The highest BCUT2D eigenvalue weighted by Gasteiger charge is 1.98.